The van der Waals surface area contributed by atoms with E-state index in [1.165, 1.54) is 12.0 Å². The summed E-state index contributed by atoms with van der Waals surface area (Å²) >= 11 is 5.14. The van der Waals surface area contributed by atoms with E-state index in [1.54, 1.807) is 17.4 Å². The number of nitrogens with two attached hydrogens (primary N) is 1. The fourth-order valence-corrected chi connectivity index (χ4v) is 3.54. The Morgan fingerprint density at radius 3 is 2.71 bits per heavy atom. The van der Waals surface area contributed by atoms with Gasteiger partial charge in [-0.2, -0.15) is 0 Å². The van der Waals surface area contributed by atoms with Crippen molar-refractivity contribution in [3.8, 4) is 0 Å². The summed E-state index contributed by atoms with van der Waals surface area (Å²) in [5.74, 6) is -0.412. The highest BCUT2D eigenvalue weighted by atomic mass is 79.9. The molecule has 6 heteroatoms. The predicted octanol–water partition coefficient (Wildman–Crippen LogP) is 3.82. The minimum atomic E-state index is -0.412. The van der Waals surface area contributed by atoms with Crippen molar-refractivity contribution < 1.29 is 9.53 Å². The van der Waals surface area contributed by atoms with E-state index in [0.29, 0.717) is 11.3 Å². The number of nitrogen functional groups attached to an aromatic ring is 1. The Hall–Kier alpha value is -1.53. The highest BCUT2D eigenvalue weighted by molar-refractivity contribution is 9.10. The second kappa shape index (κ2) is 6.49. The Bertz CT molecular complexity index is 670. The second-order valence-electron chi connectivity index (χ2n) is 4.80. The number of nitrogens with zero attached hydrogens (tertiary/aromatic N) is 1. The summed E-state index contributed by atoms with van der Waals surface area (Å²) in [5, 5.41) is 2.05. The largest absolute Gasteiger partial charge is 0.465 e. The maximum Gasteiger partial charge on any atom is 0.340 e. The Balaban J connectivity index is 2.30. The van der Waals surface area contributed by atoms with Gasteiger partial charge in [0, 0.05) is 33.2 Å². The SMILES string of the molecule is COC(=O)c1cc(N(C)Cc2cc(Br)cs2)cc(C)c1N. The number of methoxy groups -OCH3 is 1. The standard InChI is InChI=1S/C15H17BrN2O2S/c1-9-4-11(6-13(14(9)17)15(19)20-3)18(2)7-12-5-10(16)8-21-12/h4-6,8H,7,17H2,1-3H3. The van der Waals surface area contributed by atoms with Crippen molar-refractivity contribution >= 4 is 44.6 Å². The van der Waals surface area contributed by atoms with E-state index in [0.717, 1.165) is 22.3 Å². The van der Waals surface area contributed by atoms with Gasteiger partial charge in [-0.3, -0.25) is 0 Å². The number of ether oxygens (including phenoxy) is 1. The molecule has 4 nitrogen and oxygen atoms in total. The summed E-state index contributed by atoms with van der Waals surface area (Å²) in [5.41, 5.74) is 8.64. The highest BCUT2D eigenvalue weighted by Crippen LogP contribution is 2.28. The molecule has 1 aromatic carbocycles. The number of carbonyl (C=O) groups excluding carboxylic acids is 1. The van der Waals surface area contributed by atoms with Gasteiger partial charge in [0.1, 0.15) is 0 Å². The van der Waals surface area contributed by atoms with E-state index in [1.807, 2.05) is 20.0 Å². The van der Waals surface area contributed by atoms with Crippen molar-refractivity contribution in [2.45, 2.75) is 13.5 Å². The molecule has 0 spiro atoms. The number of thiophene rings is 1. The average molecular weight is 369 g/mol. The third kappa shape index (κ3) is 3.57. The number of carbonyl (C=O) groups is 1. The number of rotatable bonds is 4. The molecule has 0 saturated carbocycles. The highest BCUT2D eigenvalue weighted by Gasteiger charge is 2.15. The molecule has 1 heterocycles. The lowest BCUT2D eigenvalue weighted by atomic mass is 10.1. The van der Waals surface area contributed by atoms with Crippen LogP contribution >= 0.6 is 27.3 Å². The molecule has 0 atom stereocenters. The maximum atomic E-state index is 11.8. The zero-order valence-electron chi connectivity index (χ0n) is 12.1. The zero-order valence-corrected chi connectivity index (χ0v) is 14.5. The molecule has 0 aliphatic heterocycles. The predicted molar refractivity (Wildman–Crippen MR) is 91.1 cm³/mol. The van der Waals surface area contributed by atoms with E-state index in [2.05, 4.69) is 32.3 Å². The van der Waals surface area contributed by atoms with Crippen LogP contribution in [0.5, 0.6) is 0 Å². The molecule has 1 aromatic heterocycles. The Morgan fingerprint density at radius 1 is 1.43 bits per heavy atom. The van der Waals surface area contributed by atoms with E-state index in [4.69, 9.17) is 10.5 Å². The van der Waals surface area contributed by atoms with Gasteiger partial charge >= 0.3 is 5.97 Å². The first-order chi connectivity index (χ1) is 9.92. The van der Waals surface area contributed by atoms with Crippen LogP contribution in [-0.4, -0.2) is 20.1 Å². The van der Waals surface area contributed by atoms with E-state index in [9.17, 15) is 4.79 Å². The molecule has 0 bridgehead atoms. The molecule has 0 amide bonds. The molecule has 112 valence electrons. The van der Waals surface area contributed by atoms with Crippen molar-refractivity contribution in [1.82, 2.24) is 0 Å². The molecule has 0 saturated heterocycles. The number of anilines is 2. The van der Waals surface area contributed by atoms with Crippen LogP contribution in [0.1, 0.15) is 20.8 Å². The molecule has 2 N–H and O–H groups in total. The molecule has 0 fully saturated rings. The van der Waals surface area contributed by atoms with Gasteiger partial charge in [0.2, 0.25) is 0 Å². The van der Waals surface area contributed by atoms with Crippen LogP contribution in [0.3, 0.4) is 0 Å². The first kappa shape index (κ1) is 15.9. The van der Waals surface area contributed by atoms with Crippen molar-refractivity contribution in [3.63, 3.8) is 0 Å². The van der Waals surface area contributed by atoms with Gasteiger partial charge in [0.25, 0.3) is 0 Å². The van der Waals surface area contributed by atoms with Crippen molar-refractivity contribution in [2.24, 2.45) is 0 Å². The van der Waals surface area contributed by atoms with Crippen LogP contribution in [0.2, 0.25) is 0 Å². The number of hydrogen-bond donors (Lipinski definition) is 1. The topological polar surface area (TPSA) is 55.6 Å². The van der Waals surface area contributed by atoms with E-state index in [-0.39, 0.29) is 0 Å². The number of benzene rings is 1. The van der Waals surface area contributed by atoms with Crippen molar-refractivity contribution in [1.29, 1.82) is 0 Å². The molecule has 0 unspecified atom stereocenters. The molecule has 0 radical (unpaired) electrons. The quantitative estimate of drug-likeness (QED) is 0.658. The molecule has 2 rings (SSSR count). The lowest BCUT2D eigenvalue weighted by Crippen LogP contribution is -2.17. The normalized spacial score (nSPS) is 10.5. The van der Waals surface area contributed by atoms with Crippen LogP contribution in [0, 0.1) is 6.92 Å². The fourth-order valence-electron chi connectivity index (χ4n) is 2.04. The van der Waals surface area contributed by atoms with E-state index >= 15 is 0 Å². The summed E-state index contributed by atoms with van der Waals surface area (Å²) in [6.45, 7) is 2.65. The number of aryl methyl sites for hydroxylation is 1. The lowest BCUT2D eigenvalue weighted by Gasteiger charge is -2.21. The van der Waals surface area contributed by atoms with Gasteiger partial charge in [-0.1, -0.05) is 0 Å². The number of esters is 1. The maximum absolute atomic E-state index is 11.8. The summed E-state index contributed by atoms with van der Waals surface area (Å²) in [6.07, 6.45) is 0. The first-order valence-electron chi connectivity index (χ1n) is 6.35. The van der Waals surface area contributed by atoms with Crippen molar-refractivity contribution in [2.75, 3.05) is 24.8 Å². The smallest absolute Gasteiger partial charge is 0.340 e. The summed E-state index contributed by atoms with van der Waals surface area (Å²) < 4.78 is 5.87. The first-order valence-corrected chi connectivity index (χ1v) is 8.02. The minimum Gasteiger partial charge on any atom is -0.465 e. The Kier molecular flexibility index (Phi) is 4.90. The monoisotopic (exact) mass is 368 g/mol. The molecule has 21 heavy (non-hydrogen) atoms. The Labute approximate surface area is 136 Å². The van der Waals surface area contributed by atoms with Crippen LogP contribution in [0.15, 0.2) is 28.1 Å². The van der Waals surface area contributed by atoms with Gasteiger partial charge in [-0.25, -0.2) is 4.79 Å². The van der Waals surface area contributed by atoms with Gasteiger partial charge in [0.05, 0.1) is 19.2 Å². The number of hydrogen-bond acceptors (Lipinski definition) is 5. The summed E-state index contributed by atoms with van der Waals surface area (Å²) in [4.78, 5) is 15.1. The zero-order chi connectivity index (χ0) is 15.6. The molecular weight excluding hydrogens is 352 g/mol. The van der Waals surface area contributed by atoms with Crippen molar-refractivity contribution in [3.05, 3.63) is 44.1 Å². The minimum absolute atomic E-state index is 0.409. The Morgan fingerprint density at radius 2 is 2.14 bits per heavy atom. The summed E-state index contributed by atoms with van der Waals surface area (Å²) in [7, 11) is 3.34. The van der Waals surface area contributed by atoms with Crippen LogP contribution in [0.4, 0.5) is 11.4 Å². The van der Waals surface area contributed by atoms with Crippen LogP contribution in [-0.2, 0) is 11.3 Å². The fraction of sp³-hybridized carbons (Fsp3) is 0.267. The van der Waals surface area contributed by atoms with E-state index < -0.39 is 5.97 Å². The second-order valence-corrected chi connectivity index (χ2v) is 6.71. The third-order valence-electron chi connectivity index (χ3n) is 3.23. The lowest BCUT2D eigenvalue weighted by molar-refractivity contribution is 0.0602. The molecular formula is C15H17BrN2O2S. The number of halogens is 1. The third-order valence-corrected chi connectivity index (χ3v) is 4.91. The molecule has 0 aliphatic rings. The van der Waals surface area contributed by atoms with Gasteiger partial charge in [-0.15, -0.1) is 11.3 Å². The van der Waals surface area contributed by atoms with Crippen LogP contribution < -0.4 is 10.6 Å². The van der Waals surface area contributed by atoms with Gasteiger partial charge in [-0.05, 0) is 46.6 Å². The van der Waals surface area contributed by atoms with Gasteiger partial charge in [0.15, 0.2) is 0 Å². The average Bonchev–Trinajstić information content (AvgIpc) is 2.86. The van der Waals surface area contributed by atoms with Gasteiger partial charge < -0.3 is 15.4 Å². The summed E-state index contributed by atoms with van der Waals surface area (Å²) in [6, 6.07) is 5.84. The molecule has 0 aliphatic carbocycles. The molecule has 2 aromatic rings. The van der Waals surface area contributed by atoms with Crippen LogP contribution in [0.25, 0.3) is 0 Å².